The zero-order valence-corrected chi connectivity index (χ0v) is 11.0. The second kappa shape index (κ2) is 4.90. The number of benzene rings is 2. The van der Waals surface area contributed by atoms with Crippen LogP contribution in [0.3, 0.4) is 0 Å². The van der Waals surface area contributed by atoms with Gasteiger partial charge in [-0.3, -0.25) is 4.79 Å². The molecule has 2 aromatic carbocycles. The van der Waals surface area contributed by atoms with Crippen LogP contribution in [-0.2, 0) is 0 Å². The predicted octanol–water partition coefficient (Wildman–Crippen LogP) is 4.04. The van der Waals surface area contributed by atoms with Crippen molar-refractivity contribution in [1.29, 1.82) is 0 Å². The van der Waals surface area contributed by atoms with E-state index in [1.54, 1.807) is 12.1 Å². The molecule has 0 saturated heterocycles. The third kappa shape index (κ3) is 2.33. The molecule has 5 heteroatoms. The Kier molecular flexibility index (Phi) is 3.08. The Bertz CT molecular complexity index is 762. The number of nitrogens with one attached hydrogen (secondary N) is 1. The van der Waals surface area contributed by atoms with E-state index in [9.17, 15) is 9.90 Å². The zero-order valence-electron chi connectivity index (χ0n) is 10.3. The van der Waals surface area contributed by atoms with Crippen molar-refractivity contribution in [3.05, 3.63) is 59.3 Å². The highest BCUT2D eigenvalue weighted by atomic mass is 35.5. The molecule has 2 N–H and O–H groups in total. The fraction of sp³-hybridized carbons (Fsp3) is 0. The Hall–Kier alpha value is -2.46. The molecule has 20 heavy (non-hydrogen) atoms. The number of rotatable bonds is 2. The van der Waals surface area contributed by atoms with Crippen LogP contribution in [0.1, 0.15) is 10.6 Å². The van der Waals surface area contributed by atoms with E-state index in [0.29, 0.717) is 11.3 Å². The number of carbonyl (C=O) groups is 1. The molecule has 0 bridgehead atoms. The van der Waals surface area contributed by atoms with Crippen LogP contribution < -0.4 is 5.32 Å². The minimum atomic E-state index is -0.395. The molecule has 0 unspecified atom stereocenters. The van der Waals surface area contributed by atoms with Gasteiger partial charge in [0.05, 0.1) is 10.7 Å². The lowest BCUT2D eigenvalue weighted by Crippen LogP contribution is -2.11. The van der Waals surface area contributed by atoms with E-state index in [4.69, 9.17) is 16.0 Å². The molecular formula is C15H10ClNO3. The van der Waals surface area contributed by atoms with Gasteiger partial charge in [0.15, 0.2) is 5.76 Å². The van der Waals surface area contributed by atoms with Gasteiger partial charge >= 0.3 is 0 Å². The number of halogens is 1. The van der Waals surface area contributed by atoms with Gasteiger partial charge in [-0.1, -0.05) is 29.8 Å². The summed E-state index contributed by atoms with van der Waals surface area (Å²) in [6.07, 6.45) is 0. The molecule has 0 aliphatic carbocycles. The second-order valence-electron chi connectivity index (χ2n) is 4.27. The van der Waals surface area contributed by atoms with E-state index in [0.717, 1.165) is 5.39 Å². The van der Waals surface area contributed by atoms with Crippen molar-refractivity contribution in [3.63, 3.8) is 0 Å². The molecule has 1 heterocycles. The number of para-hydroxylation sites is 1. The Morgan fingerprint density at radius 2 is 1.95 bits per heavy atom. The van der Waals surface area contributed by atoms with Gasteiger partial charge in [0.25, 0.3) is 5.91 Å². The summed E-state index contributed by atoms with van der Waals surface area (Å²) in [5.41, 5.74) is 1.06. The van der Waals surface area contributed by atoms with Gasteiger partial charge in [-0.25, -0.2) is 0 Å². The summed E-state index contributed by atoms with van der Waals surface area (Å²) in [5.74, 6) is -0.152. The van der Waals surface area contributed by atoms with Crippen LogP contribution in [0.2, 0.25) is 5.02 Å². The summed E-state index contributed by atoms with van der Waals surface area (Å²) in [6, 6.07) is 13.4. The van der Waals surface area contributed by atoms with E-state index in [2.05, 4.69) is 5.32 Å². The maximum Gasteiger partial charge on any atom is 0.291 e. The van der Waals surface area contributed by atoms with Gasteiger partial charge in [-0.2, -0.15) is 0 Å². The summed E-state index contributed by atoms with van der Waals surface area (Å²) in [7, 11) is 0. The van der Waals surface area contributed by atoms with Crippen molar-refractivity contribution in [2.24, 2.45) is 0 Å². The van der Waals surface area contributed by atoms with Crippen LogP contribution >= 0.6 is 11.6 Å². The number of hydrogen-bond acceptors (Lipinski definition) is 3. The molecule has 0 atom stereocenters. The lowest BCUT2D eigenvalue weighted by molar-refractivity contribution is 0.0998. The highest BCUT2D eigenvalue weighted by Crippen LogP contribution is 2.27. The van der Waals surface area contributed by atoms with Crippen molar-refractivity contribution < 1.29 is 14.3 Å². The number of carbonyl (C=O) groups excluding carboxylic acids is 1. The Balaban J connectivity index is 1.89. The average molecular weight is 288 g/mol. The number of hydrogen-bond donors (Lipinski definition) is 2. The predicted molar refractivity (Wildman–Crippen MR) is 77.3 cm³/mol. The van der Waals surface area contributed by atoms with Gasteiger partial charge in [0.2, 0.25) is 0 Å². The first-order chi connectivity index (χ1) is 9.63. The normalized spacial score (nSPS) is 10.7. The molecule has 0 aliphatic rings. The zero-order chi connectivity index (χ0) is 14.1. The van der Waals surface area contributed by atoms with Crippen LogP contribution in [0.25, 0.3) is 11.0 Å². The van der Waals surface area contributed by atoms with Crippen molar-refractivity contribution in [2.45, 2.75) is 0 Å². The van der Waals surface area contributed by atoms with Gasteiger partial charge < -0.3 is 14.8 Å². The topological polar surface area (TPSA) is 62.5 Å². The largest absolute Gasteiger partial charge is 0.508 e. The van der Waals surface area contributed by atoms with Gasteiger partial charge in [-0.05, 0) is 24.3 Å². The standard InChI is InChI=1S/C15H10ClNO3/c16-11-8-10(18)5-6-12(11)17-15(19)14-7-9-3-1-2-4-13(9)20-14/h1-8,18H,(H,17,19). The molecule has 0 saturated carbocycles. The van der Waals surface area contributed by atoms with Crippen LogP contribution in [0.5, 0.6) is 5.75 Å². The number of fused-ring (bicyclic) bond motifs is 1. The fourth-order valence-corrected chi connectivity index (χ4v) is 2.11. The molecule has 0 fully saturated rings. The quantitative estimate of drug-likeness (QED) is 0.699. The fourth-order valence-electron chi connectivity index (χ4n) is 1.88. The Morgan fingerprint density at radius 1 is 1.15 bits per heavy atom. The summed E-state index contributed by atoms with van der Waals surface area (Å²) in [4.78, 5) is 12.1. The molecule has 1 aromatic heterocycles. The van der Waals surface area contributed by atoms with E-state index in [1.165, 1.54) is 18.2 Å². The number of amides is 1. The van der Waals surface area contributed by atoms with E-state index in [-0.39, 0.29) is 16.5 Å². The van der Waals surface area contributed by atoms with Crippen molar-refractivity contribution in [2.75, 3.05) is 5.32 Å². The van der Waals surface area contributed by atoms with Crippen LogP contribution in [0, 0.1) is 0 Å². The molecular weight excluding hydrogens is 278 g/mol. The number of anilines is 1. The molecule has 4 nitrogen and oxygen atoms in total. The maximum atomic E-state index is 12.1. The molecule has 0 radical (unpaired) electrons. The summed E-state index contributed by atoms with van der Waals surface area (Å²) in [6.45, 7) is 0. The summed E-state index contributed by atoms with van der Waals surface area (Å²) >= 11 is 5.93. The first-order valence-corrected chi connectivity index (χ1v) is 6.30. The number of phenols is 1. The molecule has 3 aromatic rings. The summed E-state index contributed by atoms with van der Waals surface area (Å²) < 4.78 is 5.46. The van der Waals surface area contributed by atoms with Crippen LogP contribution in [0.4, 0.5) is 5.69 Å². The minimum absolute atomic E-state index is 0.0386. The minimum Gasteiger partial charge on any atom is -0.508 e. The molecule has 3 rings (SSSR count). The lowest BCUT2D eigenvalue weighted by Gasteiger charge is -2.05. The van der Waals surface area contributed by atoms with Gasteiger partial charge in [0.1, 0.15) is 11.3 Å². The van der Waals surface area contributed by atoms with Gasteiger partial charge in [0, 0.05) is 11.5 Å². The van der Waals surface area contributed by atoms with Crippen molar-refractivity contribution in [1.82, 2.24) is 0 Å². The number of phenolic OH excluding ortho intramolecular Hbond substituents is 1. The lowest BCUT2D eigenvalue weighted by atomic mass is 10.2. The molecule has 0 spiro atoms. The van der Waals surface area contributed by atoms with Crippen molar-refractivity contribution in [3.8, 4) is 5.75 Å². The SMILES string of the molecule is O=C(Nc1ccc(O)cc1Cl)c1cc2ccccc2o1. The smallest absolute Gasteiger partial charge is 0.291 e. The second-order valence-corrected chi connectivity index (χ2v) is 4.67. The summed E-state index contributed by atoms with van der Waals surface area (Å²) in [5, 5.41) is 13.0. The average Bonchev–Trinajstić information content (AvgIpc) is 2.86. The molecule has 1 amide bonds. The molecule has 0 aliphatic heterocycles. The Morgan fingerprint density at radius 3 is 2.70 bits per heavy atom. The first-order valence-electron chi connectivity index (χ1n) is 5.92. The van der Waals surface area contributed by atoms with Crippen LogP contribution in [-0.4, -0.2) is 11.0 Å². The van der Waals surface area contributed by atoms with Crippen LogP contribution in [0.15, 0.2) is 52.9 Å². The van der Waals surface area contributed by atoms with E-state index < -0.39 is 5.91 Å². The highest BCUT2D eigenvalue weighted by molar-refractivity contribution is 6.34. The van der Waals surface area contributed by atoms with Crippen molar-refractivity contribution >= 4 is 34.2 Å². The van der Waals surface area contributed by atoms with E-state index >= 15 is 0 Å². The maximum absolute atomic E-state index is 12.1. The van der Waals surface area contributed by atoms with Gasteiger partial charge in [-0.15, -0.1) is 0 Å². The molecule has 100 valence electrons. The first kappa shape index (κ1) is 12.6. The number of furan rings is 1. The number of aromatic hydroxyl groups is 1. The highest BCUT2D eigenvalue weighted by Gasteiger charge is 2.13. The third-order valence-corrected chi connectivity index (χ3v) is 3.16. The Labute approximate surface area is 119 Å². The monoisotopic (exact) mass is 287 g/mol. The van der Waals surface area contributed by atoms with E-state index in [1.807, 2.05) is 18.2 Å². The third-order valence-electron chi connectivity index (χ3n) is 2.85.